The van der Waals surface area contributed by atoms with E-state index in [1.165, 1.54) is 17.8 Å². The molecule has 0 atom stereocenters. The van der Waals surface area contributed by atoms with E-state index in [9.17, 15) is 14.4 Å². The van der Waals surface area contributed by atoms with Gasteiger partial charge >= 0.3 is 5.69 Å². The molecule has 2 heterocycles. The molecule has 0 spiro atoms. The van der Waals surface area contributed by atoms with Gasteiger partial charge in [0.2, 0.25) is 5.91 Å². The van der Waals surface area contributed by atoms with E-state index in [0.717, 1.165) is 5.69 Å². The molecule has 10 nitrogen and oxygen atoms in total. The average molecular weight is 499 g/mol. The molecule has 4 rings (SSSR count). The Morgan fingerprint density at radius 1 is 1.09 bits per heavy atom. The number of rotatable bonds is 8. The Morgan fingerprint density at radius 2 is 1.82 bits per heavy atom. The number of thioether (sulfide) groups is 1. The van der Waals surface area contributed by atoms with Crippen molar-refractivity contribution in [3.63, 3.8) is 0 Å². The molecule has 0 bridgehead atoms. The van der Waals surface area contributed by atoms with Gasteiger partial charge in [0, 0.05) is 34.6 Å². The number of ether oxygens (including phenoxy) is 1. The van der Waals surface area contributed by atoms with Crippen molar-refractivity contribution in [1.82, 2.24) is 24.7 Å². The van der Waals surface area contributed by atoms with Crippen molar-refractivity contribution in [2.24, 2.45) is 0 Å². The van der Waals surface area contributed by atoms with Crippen LogP contribution in [0, 0.1) is 0 Å². The summed E-state index contributed by atoms with van der Waals surface area (Å²) in [5.41, 5.74) is 0.621. The highest BCUT2D eigenvalue weighted by Gasteiger charge is 2.17. The van der Waals surface area contributed by atoms with E-state index >= 15 is 0 Å². The van der Waals surface area contributed by atoms with Crippen LogP contribution in [0.25, 0.3) is 5.69 Å². The van der Waals surface area contributed by atoms with E-state index in [-0.39, 0.29) is 18.1 Å². The largest absolute Gasteiger partial charge is 0.497 e. The van der Waals surface area contributed by atoms with Crippen LogP contribution in [0.4, 0.5) is 5.69 Å². The third-order valence-corrected chi connectivity index (χ3v) is 5.84. The van der Waals surface area contributed by atoms with E-state index in [4.69, 9.17) is 16.3 Å². The smallest absolute Gasteiger partial charge is 0.325 e. The molecular weight excluding hydrogens is 480 g/mol. The molecule has 2 aromatic heterocycles. The van der Waals surface area contributed by atoms with E-state index in [2.05, 4.69) is 25.5 Å². The molecular formula is C22H19ClN6O4S. The highest BCUT2D eigenvalue weighted by Crippen LogP contribution is 2.24. The van der Waals surface area contributed by atoms with Crippen LogP contribution in [0.3, 0.4) is 0 Å². The molecule has 12 heteroatoms. The van der Waals surface area contributed by atoms with Crippen LogP contribution < -0.4 is 21.3 Å². The van der Waals surface area contributed by atoms with Crippen LogP contribution in [-0.4, -0.2) is 43.5 Å². The fourth-order valence-electron chi connectivity index (χ4n) is 3.14. The zero-order valence-corrected chi connectivity index (χ0v) is 19.4. The molecule has 0 saturated carbocycles. The van der Waals surface area contributed by atoms with E-state index in [1.807, 2.05) is 0 Å². The minimum atomic E-state index is -0.607. The molecule has 2 aromatic carbocycles. The van der Waals surface area contributed by atoms with Gasteiger partial charge in [-0.05, 0) is 48.5 Å². The number of halogens is 1. The number of hydrogen-bond donors (Lipinski definition) is 3. The Labute approximate surface area is 202 Å². The number of aromatic amines is 2. The molecule has 0 saturated heterocycles. The number of methoxy groups -OCH3 is 1. The van der Waals surface area contributed by atoms with Gasteiger partial charge in [0.05, 0.1) is 12.9 Å². The van der Waals surface area contributed by atoms with Crippen LogP contribution >= 0.6 is 23.4 Å². The van der Waals surface area contributed by atoms with Crippen LogP contribution in [0.1, 0.15) is 11.5 Å². The molecule has 3 N–H and O–H groups in total. The minimum Gasteiger partial charge on any atom is -0.497 e. The standard InChI is InChI=1S/C22H19ClN6O4S/c1-33-17-8-4-14(5-9-17)24-20(31)12-34-22-28-27-18(10-15-11-19(30)26-21(32)25-15)29(22)16-6-2-13(23)3-7-16/h2-9,11H,10,12H2,1H3,(H,24,31)(H2,25,26,30,32). The minimum absolute atomic E-state index is 0.0829. The van der Waals surface area contributed by atoms with Crippen LogP contribution in [0.2, 0.25) is 5.02 Å². The zero-order valence-electron chi connectivity index (χ0n) is 17.9. The number of benzene rings is 2. The van der Waals surface area contributed by atoms with Gasteiger partial charge in [-0.3, -0.25) is 19.1 Å². The molecule has 34 heavy (non-hydrogen) atoms. The van der Waals surface area contributed by atoms with Crippen LogP contribution in [-0.2, 0) is 11.2 Å². The molecule has 0 aliphatic carbocycles. The predicted molar refractivity (Wildman–Crippen MR) is 129 cm³/mol. The van der Waals surface area contributed by atoms with E-state index < -0.39 is 11.2 Å². The monoisotopic (exact) mass is 498 g/mol. The summed E-state index contributed by atoms with van der Waals surface area (Å²) in [6, 6.07) is 15.3. The van der Waals surface area contributed by atoms with Gasteiger partial charge in [0.15, 0.2) is 5.16 Å². The Balaban J connectivity index is 1.56. The van der Waals surface area contributed by atoms with Crippen molar-refractivity contribution in [3.8, 4) is 11.4 Å². The van der Waals surface area contributed by atoms with Crippen LogP contribution in [0.5, 0.6) is 5.75 Å². The first-order valence-corrected chi connectivity index (χ1v) is 11.4. The summed E-state index contributed by atoms with van der Waals surface area (Å²) in [5.74, 6) is 1.03. The van der Waals surface area contributed by atoms with Crippen molar-refractivity contribution in [1.29, 1.82) is 0 Å². The first-order chi connectivity index (χ1) is 16.4. The maximum atomic E-state index is 12.5. The first kappa shape index (κ1) is 23.3. The lowest BCUT2D eigenvalue weighted by Crippen LogP contribution is -2.23. The van der Waals surface area contributed by atoms with Crippen LogP contribution in [0.15, 0.2) is 69.3 Å². The van der Waals surface area contributed by atoms with Crippen molar-refractivity contribution in [3.05, 3.63) is 92.0 Å². The fraction of sp³-hybridized carbons (Fsp3) is 0.136. The predicted octanol–water partition coefficient (Wildman–Crippen LogP) is 2.63. The van der Waals surface area contributed by atoms with Gasteiger partial charge in [0.25, 0.3) is 5.56 Å². The first-order valence-electron chi connectivity index (χ1n) is 10.0. The molecule has 1 amide bonds. The molecule has 0 fully saturated rings. The summed E-state index contributed by atoms with van der Waals surface area (Å²) in [6.07, 6.45) is 0.146. The summed E-state index contributed by atoms with van der Waals surface area (Å²) >= 11 is 7.23. The topological polar surface area (TPSA) is 135 Å². The summed E-state index contributed by atoms with van der Waals surface area (Å²) < 4.78 is 6.87. The van der Waals surface area contributed by atoms with Crippen molar-refractivity contribution in [2.45, 2.75) is 11.6 Å². The lowest BCUT2D eigenvalue weighted by atomic mass is 10.2. The Hall–Kier alpha value is -3.83. The van der Waals surface area contributed by atoms with Crippen molar-refractivity contribution >= 4 is 35.0 Å². The molecule has 0 unspecified atom stereocenters. The number of nitrogens with zero attached hydrogens (tertiary/aromatic N) is 3. The third-order valence-electron chi connectivity index (χ3n) is 4.66. The van der Waals surface area contributed by atoms with Crippen molar-refractivity contribution < 1.29 is 9.53 Å². The van der Waals surface area contributed by atoms with Gasteiger partial charge in [0.1, 0.15) is 11.6 Å². The average Bonchev–Trinajstić information content (AvgIpc) is 3.20. The highest BCUT2D eigenvalue weighted by atomic mass is 35.5. The second kappa shape index (κ2) is 10.4. The number of carbonyl (C=O) groups is 1. The normalized spacial score (nSPS) is 10.8. The summed E-state index contributed by atoms with van der Waals surface area (Å²) in [5, 5.41) is 12.3. The van der Waals surface area contributed by atoms with Gasteiger partial charge in [-0.15, -0.1) is 10.2 Å². The number of carbonyl (C=O) groups excluding carboxylic acids is 1. The number of hydrogen-bond acceptors (Lipinski definition) is 7. The van der Waals surface area contributed by atoms with E-state index in [0.29, 0.717) is 33.1 Å². The van der Waals surface area contributed by atoms with Gasteiger partial charge < -0.3 is 15.0 Å². The Morgan fingerprint density at radius 3 is 2.50 bits per heavy atom. The van der Waals surface area contributed by atoms with Gasteiger partial charge in [-0.1, -0.05) is 23.4 Å². The number of anilines is 1. The summed E-state index contributed by atoms with van der Waals surface area (Å²) in [4.78, 5) is 40.5. The highest BCUT2D eigenvalue weighted by molar-refractivity contribution is 7.99. The quantitative estimate of drug-likeness (QED) is 0.318. The SMILES string of the molecule is COc1ccc(NC(=O)CSc2nnc(Cc3cc(=O)[nH]c(=O)[nH]3)n2-c2ccc(Cl)cc2)cc1. The molecule has 0 aliphatic heterocycles. The lowest BCUT2D eigenvalue weighted by molar-refractivity contribution is -0.113. The lowest BCUT2D eigenvalue weighted by Gasteiger charge is -2.11. The molecule has 174 valence electrons. The number of aromatic nitrogens is 5. The third kappa shape index (κ3) is 5.74. The number of amides is 1. The fourth-order valence-corrected chi connectivity index (χ4v) is 4.04. The number of H-pyrrole nitrogens is 2. The zero-order chi connectivity index (χ0) is 24.1. The van der Waals surface area contributed by atoms with Gasteiger partial charge in [-0.2, -0.15) is 0 Å². The second-order valence-corrected chi connectivity index (χ2v) is 8.44. The molecule has 0 aliphatic rings. The van der Waals surface area contributed by atoms with Gasteiger partial charge in [-0.25, -0.2) is 4.79 Å². The summed E-state index contributed by atoms with van der Waals surface area (Å²) in [6.45, 7) is 0. The molecule has 0 radical (unpaired) electrons. The maximum Gasteiger partial charge on any atom is 0.325 e. The summed E-state index contributed by atoms with van der Waals surface area (Å²) in [7, 11) is 1.57. The van der Waals surface area contributed by atoms with E-state index in [1.54, 1.807) is 60.2 Å². The van der Waals surface area contributed by atoms with Crippen molar-refractivity contribution in [2.75, 3.05) is 18.2 Å². The number of nitrogens with one attached hydrogen (secondary N) is 3. The Kier molecular flexibility index (Phi) is 7.14. The Bertz CT molecular complexity index is 1380. The molecule has 4 aromatic rings. The maximum absolute atomic E-state index is 12.5. The second-order valence-electron chi connectivity index (χ2n) is 7.07.